The van der Waals surface area contributed by atoms with Crippen molar-refractivity contribution < 1.29 is 4.92 Å². The predicted molar refractivity (Wildman–Crippen MR) is 76.3 cm³/mol. The summed E-state index contributed by atoms with van der Waals surface area (Å²) in [5.41, 5.74) is 0. The number of imidazole rings is 1. The Morgan fingerprint density at radius 2 is 1.89 bits per heavy atom. The van der Waals surface area contributed by atoms with Crippen LogP contribution in [0, 0.1) is 10.1 Å². The van der Waals surface area contributed by atoms with Gasteiger partial charge in [0, 0.05) is 5.92 Å². The van der Waals surface area contributed by atoms with E-state index >= 15 is 0 Å². The molecular weight excluding hydrogens is 242 g/mol. The lowest BCUT2D eigenvalue weighted by molar-refractivity contribution is -0.392. The molecule has 0 aliphatic heterocycles. The van der Waals surface area contributed by atoms with Crippen molar-refractivity contribution in [3.63, 3.8) is 0 Å². The molecule has 0 amide bonds. The summed E-state index contributed by atoms with van der Waals surface area (Å²) in [4.78, 5) is 14.8. The number of unbranched alkanes of at least 4 members (excludes halogenated alkanes) is 5. The number of nitrogens with zero attached hydrogens (tertiary/aromatic N) is 3. The zero-order chi connectivity index (χ0) is 14.3. The number of hydrogen-bond acceptors (Lipinski definition) is 3. The van der Waals surface area contributed by atoms with Gasteiger partial charge in [-0.25, -0.2) is 9.55 Å². The number of hydrogen-bond donors (Lipinski definition) is 0. The summed E-state index contributed by atoms with van der Waals surface area (Å²) in [6, 6.07) is 0. The molecule has 0 aliphatic carbocycles. The minimum Gasteiger partial charge on any atom is -0.358 e. The molecule has 5 nitrogen and oxygen atoms in total. The molecule has 0 bridgehead atoms. The first kappa shape index (κ1) is 15.7. The van der Waals surface area contributed by atoms with Crippen LogP contribution in [-0.4, -0.2) is 14.5 Å². The highest BCUT2D eigenvalue weighted by molar-refractivity contribution is 5.20. The van der Waals surface area contributed by atoms with Crippen LogP contribution in [0.5, 0.6) is 0 Å². The Morgan fingerprint density at radius 1 is 1.26 bits per heavy atom. The fourth-order valence-electron chi connectivity index (χ4n) is 2.27. The van der Waals surface area contributed by atoms with Crippen molar-refractivity contribution in [2.75, 3.05) is 0 Å². The average molecular weight is 267 g/mol. The normalized spacial score (nSPS) is 11.2. The van der Waals surface area contributed by atoms with Crippen LogP contribution in [0.25, 0.3) is 0 Å². The summed E-state index contributed by atoms with van der Waals surface area (Å²) >= 11 is 0. The third-order valence-electron chi connectivity index (χ3n) is 3.30. The highest BCUT2D eigenvalue weighted by Crippen LogP contribution is 2.21. The van der Waals surface area contributed by atoms with Crippen LogP contribution >= 0.6 is 0 Å². The van der Waals surface area contributed by atoms with Gasteiger partial charge in [-0.3, -0.25) is 0 Å². The quantitative estimate of drug-likeness (QED) is 0.381. The second-order valence-electron chi connectivity index (χ2n) is 5.31. The van der Waals surface area contributed by atoms with Crippen molar-refractivity contribution in [3.8, 4) is 0 Å². The lowest BCUT2D eigenvalue weighted by atomic mass is 10.1. The fourth-order valence-corrected chi connectivity index (χ4v) is 2.27. The highest BCUT2D eigenvalue weighted by atomic mass is 16.6. The second kappa shape index (κ2) is 7.92. The van der Waals surface area contributed by atoms with Crippen LogP contribution in [-0.2, 0) is 6.54 Å². The summed E-state index contributed by atoms with van der Waals surface area (Å²) in [7, 11) is 0. The SMILES string of the molecule is CCCCCCCCn1c([N+](=O)[O-])cnc1C(C)C. The molecule has 0 atom stereocenters. The van der Waals surface area contributed by atoms with Gasteiger partial charge in [-0.2, -0.15) is 0 Å². The molecule has 1 aromatic heterocycles. The smallest absolute Gasteiger partial charge is 0.342 e. The maximum Gasteiger partial charge on any atom is 0.342 e. The number of aromatic nitrogens is 2. The van der Waals surface area contributed by atoms with E-state index in [2.05, 4.69) is 11.9 Å². The fraction of sp³-hybridized carbons (Fsp3) is 0.786. The minimum atomic E-state index is -0.337. The molecule has 0 unspecified atom stereocenters. The van der Waals surface area contributed by atoms with E-state index in [9.17, 15) is 10.1 Å². The van der Waals surface area contributed by atoms with Crippen LogP contribution in [0.1, 0.15) is 71.0 Å². The molecule has 19 heavy (non-hydrogen) atoms. The molecule has 0 aromatic carbocycles. The standard InChI is InChI=1S/C14H25N3O2/c1-4-5-6-7-8-9-10-16-13(17(18)19)11-15-14(16)12(2)3/h11-12H,4-10H2,1-3H3. The van der Waals surface area contributed by atoms with E-state index in [1.54, 1.807) is 4.57 Å². The summed E-state index contributed by atoms with van der Waals surface area (Å²) < 4.78 is 1.77. The van der Waals surface area contributed by atoms with E-state index in [-0.39, 0.29) is 16.7 Å². The van der Waals surface area contributed by atoms with Crippen molar-refractivity contribution >= 4 is 5.82 Å². The Hall–Kier alpha value is -1.39. The first-order valence-corrected chi connectivity index (χ1v) is 7.27. The zero-order valence-electron chi connectivity index (χ0n) is 12.3. The monoisotopic (exact) mass is 267 g/mol. The van der Waals surface area contributed by atoms with Gasteiger partial charge >= 0.3 is 5.82 Å². The van der Waals surface area contributed by atoms with Gasteiger partial charge in [0.1, 0.15) is 6.20 Å². The molecule has 0 N–H and O–H groups in total. The number of rotatable bonds is 9. The minimum absolute atomic E-state index is 0.122. The molecular formula is C14H25N3O2. The molecule has 0 aliphatic rings. The Labute approximate surface area is 115 Å². The molecule has 0 fully saturated rings. The van der Waals surface area contributed by atoms with Gasteiger partial charge in [0.2, 0.25) is 0 Å². The molecule has 1 aromatic rings. The average Bonchev–Trinajstić information content (AvgIpc) is 2.77. The van der Waals surface area contributed by atoms with Crippen LogP contribution in [0.2, 0.25) is 0 Å². The van der Waals surface area contributed by atoms with Gasteiger partial charge in [0.15, 0.2) is 5.82 Å². The van der Waals surface area contributed by atoms with Gasteiger partial charge in [0.05, 0.1) is 6.54 Å². The lowest BCUT2D eigenvalue weighted by Gasteiger charge is -2.07. The van der Waals surface area contributed by atoms with Crippen LogP contribution in [0.3, 0.4) is 0 Å². The summed E-state index contributed by atoms with van der Waals surface area (Å²) in [6.07, 6.45) is 8.50. The Balaban J connectivity index is 2.55. The number of nitro groups is 1. The van der Waals surface area contributed by atoms with Gasteiger partial charge in [-0.15, -0.1) is 0 Å². The van der Waals surface area contributed by atoms with E-state index in [4.69, 9.17) is 0 Å². The van der Waals surface area contributed by atoms with Crippen LogP contribution in [0.4, 0.5) is 5.82 Å². The van der Waals surface area contributed by atoms with E-state index in [1.165, 1.54) is 31.9 Å². The molecule has 5 heteroatoms. The first-order chi connectivity index (χ1) is 9.07. The maximum atomic E-state index is 11.0. The van der Waals surface area contributed by atoms with Crippen molar-refractivity contribution in [2.24, 2.45) is 0 Å². The topological polar surface area (TPSA) is 61.0 Å². The Bertz CT molecular complexity index is 399. The molecule has 1 rings (SSSR count). The molecule has 108 valence electrons. The third kappa shape index (κ3) is 4.65. The Morgan fingerprint density at radius 3 is 2.47 bits per heavy atom. The van der Waals surface area contributed by atoms with Gasteiger partial charge < -0.3 is 10.1 Å². The molecule has 0 radical (unpaired) electrons. The van der Waals surface area contributed by atoms with Gasteiger partial charge in [-0.1, -0.05) is 46.5 Å². The summed E-state index contributed by atoms with van der Waals surface area (Å²) in [6.45, 7) is 6.94. The van der Waals surface area contributed by atoms with Gasteiger partial charge in [0.25, 0.3) is 0 Å². The summed E-state index contributed by atoms with van der Waals surface area (Å²) in [5, 5.41) is 11.0. The second-order valence-corrected chi connectivity index (χ2v) is 5.31. The van der Waals surface area contributed by atoms with Crippen molar-refractivity contribution in [1.29, 1.82) is 0 Å². The van der Waals surface area contributed by atoms with Crippen molar-refractivity contribution in [3.05, 3.63) is 22.1 Å². The van der Waals surface area contributed by atoms with Crippen LogP contribution < -0.4 is 0 Å². The third-order valence-corrected chi connectivity index (χ3v) is 3.30. The Kier molecular flexibility index (Phi) is 6.53. The maximum absolute atomic E-state index is 11.0. The largest absolute Gasteiger partial charge is 0.358 e. The molecule has 0 spiro atoms. The first-order valence-electron chi connectivity index (χ1n) is 7.27. The molecule has 0 saturated heterocycles. The molecule has 1 heterocycles. The highest BCUT2D eigenvalue weighted by Gasteiger charge is 2.21. The molecule has 0 saturated carbocycles. The zero-order valence-corrected chi connectivity index (χ0v) is 12.3. The van der Waals surface area contributed by atoms with E-state index < -0.39 is 0 Å². The van der Waals surface area contributed by atoms with Crippen molar-refractivity contribution in [2.45, 2.75) is 71.8 Å². The van der Waals surface area contributed by atoms with Crippen LogP contribution in [0.15, 0.2) is 6.20 Å². The van der Waals surface area contributed by atoms with Gasteiger partial charge in [-0.05, 0) is 17.8 Å². The van der Waals surface area contributed by atoms with E-state index in [0.717, 1.165) is 18.7 Å². The van der Waals surface area contributed by atoms with E-state index in [1.807, 2.05) is 13.8 Å². The predicted octanol–water partition coefficient (Wildman–Crippen LogP) is 4.28. The van der Waals surface area contributed by atoms with Crippen molar-refractivity contribution in [1.82, 2.24) is 9.55 Å². The lowest BCUT2D eigenvalue weighted by Crippen LogP contribution is -2.08. The van der Waals surface area contributed by atoms with E-state index in [0.29, 0.717) is 6.54 Å². The summed E-state index contributed by atoms with van der Waals surface area (Å²) in [5.74, 6) is 1.16.